The topological polar surface area (TPSA) is 84.9 Å². The number of ether oxygens (including phenoxy) is 2. The number of aryl methyl sites for hydroxylation is 2. The van der Waals surface area contributed by atoms with Crippen LogP contribution in [0.5, 0.6) is 11.5 Å². The number of rotatable bonds is 5. The molecule has 2 aromatic carbocycles. The molecule has 4 amide bonds. The Kier molecular flexibility index (Phi) is 5.68. The average Bonchev–Trinajstić information content (AvgIpc) is 2.67. The van der Waals surface area contributed by atoms with Gasteiger partial charge in [0.2, 0.25) is 0 Å². The van der Waals surface area contributed by atoms with Crippen molar-refractivity contribution >= 4 is 29.6 Å². The van der Waals surface area contributed by atoms with Crippen molar-refractivity contribution in [2.45, 2.75) is 20.8 Å². The fourth-order valence-electron chi connectivity index (χ4n) is 3.13. The van der Waals surface area contributed by atoms with E-state index in [0.717, 1.165) is 16.0 Å². The molecule has 150 valence electrons. The Balaban J connectivity index is 2.06. The number of methoxy groups -OCH3 is 1. The lowest BCUT2D eigenvalue weighted by Crippen LogP contribution is -2.54. The number of imide groups is 2. The molecule has 29 heavy (non-hydrogen) atoms. The van der Waals surface area contributed by atoms with E-state index in [1.54, 1.807) is 37.3 Å². The van der Waals surface area contributed by atoms with Crippen LogP contribution in [0.25, 0.3) is 6.08 Å². The molecular weight excluding hydrogens is 372 g/mol. The van der Waals surface area contributed by atoms with Gasteiger partial charge in [0, 0.05) is 11.6 Å². The highest BCUT2D eigenvalue weighted by atomic mass is 16.5. The summed E-state index contributed by atoms with van der Waals surface area (Å²) >= 11 is 0. The van der Waals surface area contributed by atoms with Gasteiger partial charge in [0.25, 0.3) is 11.8 Å². The molecular formula is C22H22N2O5. The standard InChI is InChI=1S/C22H22N2O5/c1-5-29-19-12-16(28-4)8-7-15(19)11-17-20(25)23-22(27)24(21(17)26)18-9-6-13(2)10-14(18)3/h6-12H,5H2,1-4H3,(H,23,25,27)/b17-11+. The van der Waals surface area contributed by atoms with Crippen LogP contribution in [0.15, 0.2) is 42.0 Å². The Labute approximate surface area is 168 Å². The summed E-state index contributed by atoms with van der Waals surface area (Å²) < 4.78 is 10.8. The zero-order chi connectivity index (χ0) is 21.1. The van der Waals surface area contributed by atoms with E-state index in [4.69, 9.17) is 9.47 Å². The van der Waals surface area contributed by atoms with E-state index >= 15 is 0 Å². The first-order chi connectivity index (χ1) is 13.8. The van der Waals surface area contributed by atoms with Crippen molar-refractivity contribution in [3.05, 3.63) is 58.7 Å². The van der Waals surface area contributed by atoms with Gasteiger partial charge in [-0.1, -0.05) is 17.7 Å². The summed E-state index contributed by atoms with van der Waals surface area (Å²) in [6.45, 7) is 5.95. The number of hydrogen-bond donors (Lipinski definition) is 1. The predicted molar refractivity (Wildman–Crippen MR) is 109 cm³/mol. The first-order valence-electron chi connectivity index (χ1n) is 9.15. The van der Waals surface area contributed by atoms with Crippen LogP contribution < -0.4 is 19.7 Å². The second-order valence-corrected chi connectivity index (χ2v) is 6.58. The second-order valence-electron chi connectivity index (χ2n) is 6.58. The summed E-state index contributed by atoms with van der Waals surface area (Å²) in [4.78, 5) is 38.9. The third-order valence-electron chi connectivity index (χ3n) is 4.52. The van der Waals surface area contributed by atoms with Crippen molar-refractivity contribution < 1.29 is 23.9 Å². The van der Waals surface area contributed by atoms with Crippen molar-refractivity contribution in [2.75, 3.05) is 18.6 Å². The van der Waals surface area contributed by atoms with Crippen LogP contribution in [-0.4, -0.2) is 31.6 Å². The van der Waals surface area contributed by atoms with E-state index in [-0.39, 0.29) is 5.57 Å². The van der Waals surface area contributed by atoms with E-state index in [1.165, 1.54) is 13.2 Å². The number of carbonyl (C=O) groups excluding carboxylic acids is 3. The zero-order valence-corrected chi connectivity index (χ0v) is 16.7. The van der Waals surface area contributed by atoms with E-state index in [1.807, 2.05) is 19.9 Å². The van der Waals surface area contributed by atoms with Gasteiger partial charge in [0.1, 0.15) is 17.1 Å². The minimum atomic E-state index is -0.774. The van der Waals surface area contributed by atoms with Gasteiger partial charge in [0.05, 0.1) is 19.4 Å². The molecule has 3 rings (SSSR count). The molecule has 0 aliphatic carbocycles. The van der Waals surface area contributed by atoms with E-state index in [0.29, 0.717) is 29.4 Å². The Hall–Kier alpha value is -3.61. The lowest BCUT2D eigenvalue weighted by molar-refractivity contribution is -0.122. The number of barbiturate groups is 1. The van der Waals surface area contributed by atoms with Crippen molar-refractivity contribution in [2.24, 2.45) is 0 Å². The molecule has 0 bridgehead atoms. The van der Waals surface area contributed by atoms with Crippen molar-refractivity contribution in [3.8, 4) is 11.5 Å². The molecule has 0 spiro atoms. The zero-order valence-electron chi connectivity index (χ0n) is 16.7. The van der Waals surface area contributed by atoms with Crippen LogP contribution in [-0.2, 0) is 9.59 Å². The van der Waals surface area contributed by atoms with Gasteiger partial charge in [-0.3, -0.25) is 14.9 Å². The van der Waals surface area contributed by atoms with Crippen LogP contribution in [0.4, 0.5) is 10.5 Å². The molecule has 2 aromatic rings. The highest BCUT2D eigenvalue weighted by Crippen LogP contribution is 2.30. The molecule has 1 fully saturated rings. The predicted octanol–water partition coefficient (Wildman–Crippen LogP) is 3.38. The second kappa shape index (κ2) is 8.18. The van der Waals surface area contributed by atoms with Crippen LogP contribution in [0.2, 0.25) is 0 Å². The number of urea groups is 1. The summed E-state index contributed by atoms with van der Waals surface area (Å²) in [5.74, 6) is -0.389. The molecule has 7 nitrogen and oxygen atoms in total. The van der Waals surface area contributed by atoms with Crippen molar-refractivity contribution in [1.82, 2.24) is 5.32 Å². The molecule has 1 aliphatic heterocycles. The molecule has 1 heterocycles. The van der Waals surface area contributed by atoms with E-state index in [2.05, 4.69) is 5.32 Å². The van der Waals surface area contributed by atoms with Gasteiger partial charge < -0.3 is 9.47 Å². The fourth-order valence-corrected chi connectivity index (χ4v) is 3.13. The van der Waals surface area contributed by atoms with Crippen LogP contribution in [0, 0.1) is 13.8 Å². The summed E-state index contributed by atoms with van der Waals surface area (Å²) in [5.41, 5.74) is 2.55. The number of nitrogens with one attached hydrogen (secondary N) is 1. The molecule has 0 aromatic heterocycles. The molecule has 0 atom stereocenters. The number of hydrogen-bond acceptors (Lipinski definition) is 5. The molecule has 0 saturated carbocycles. The van der Waals surface area contributed by atoms with Gasteiger partial charge in [-0.2, -0.15) is 0 Å². The number of benzene rings is 2. The minimum absolute atomic E-state index is 0.157. The number of anilines is 1. The van der Waals surface area contributed by atoms with E-state index in [9.17, 15) is 14.4 Å². The highest BCUT2D eigenvalue weighted by Gasteiger charge is 2.37. The summed E-state index contributed by atoms with van der Waals surface area (Å²) in [7, 11) is 1.54. The first-order valence-corrected chi connectivity index (χ1v) is 9.15. The minimum Gasteiger partial charge on any atom is -0.497 e. The van der Waals surface area contributed by atoms with Crippen LogP contribution >= 0.6 is 0 Å². The van der Waals surface area contributed by atoms with Gasteiger partial charge >= 0.3 is 6.03 Å². The van der Waals surface area contributed by atoms with Crippen molar-refractivity contribution in [3.63, 3.8) is 0 Å². The van der Waals surface area contributed by atoms with Gasteiger partial charge in [0.15, 0.2) is 0 Å². The molecule has 1 aliphatic rings. The van der Waals surface area contributed by atoms with Gasteiger partial charge in [-0.25, -0.2) is 9.69 Å². The summed E-state index contributed by atoms with van der Waals surface area (Å²) in [5, 5.41) is 2.24. The summed E-state index contributed by atoms with van der Waals surface area (Å²) in [6, 6.07) is 9.65. The molecule has 1 N–H and O–H groups in total. The molecule has 7 heteroatoms. The third kappa shape index (κ3) is 3.99. The SMILES string of the molecule is CCOc1cc(OC)ccc1/C=C1\C(=O)NC(=O)N(c2ccc(C)cc2C)C1=O. The Morgan fingerprint density at radius 3 is 2.48 bits per heavy atom. The number of carbonyl (C=O) groups is 3. The monoisotopic (exact) mass is 394 g/mol. The molecule has 0 radical (unpaired) electrons. The van der Waals surface area contributed by atoms with Crippen molar-refractivity contribution in [1.29, 1.82) is 0 Å². The number of amides is 4. The molecule has 1 saturated heterocycles. The summed E-state index contributed by atoms with van der Waals surface area (Å²) in [6.07, 6.45) is 1.42. The Bertz CT molecular complexity index is 1030. The normalized spacial score (nSPS) is 15.5. The lowest BCUT2D eigenvalue weighted by atomic mass is 10.0. The first kappa shape index (κ1) is 20.1. The third-order valence-corrected chi connectivity index (χ3v) is 4.52. The highest BCUT2D eigenvalue weighted by molar-refractivity contribution is 6.39. The fraction of sp³-hybridized carbons (Fsp3) is 0.227. The molecule has 0 unspecified atom stereocenters. The largest absolute Gasteiger partial charge is 0.497 e. The maximum atomic E-state index is 13.1. The van der Waals surface area contributed by atoms with Crippen LogP contribution in [0.1, 0.15) is 23.6 Å². The van der Waals surface area contributed by atoms with Crippen LogP contribution in [0.3, 0.4) is 0 Å². The quantitative estimate of drug-likeness (QED) is 0.621. The maximum absolute atomic E-state index is 13.1. The van der Waals surface area contributed by atoms with Gasteiger partial charge in [-0.05, 0) is 50.6 Å². The average molecular weight is 394 g/mol. The lowest BCUT2D eigenvalue weighted by Gasteiger charge is -2.27. The van der Waals surface area contributed by atoms with Gasteiger partial charge in [-0.15, -0.1) is 0 Å². The number of nitrogens with zero attached hydrogens (tertiary/aromatic N) is 1. The Morgan fingerprint density at radius 1 is 1.07 bits per heavy atom. The Morgan fingerprint density at radius 2 is 1.83 bits per heavy atom. The smallest absolute Gasteiger partial charge is 0.335 e. The maximum Gasteiger partial charge on any atom is 0.335 e. The van der Waals surface area contributed by atoms with E-state index < -0.39 is 17.8 Å².